The summed E-state index contributed by atoms with van der Waals surface area (Å²) in [5, 5.41) is 0. The van der Waals surface area contributed by atoms with E-state index in [1.807, 2.05) is 0 Å². The molecule has 0 saturated heterocycles. The van der Waals surface area contributed by atoms with Gasteiger partial charge >= 0.3 is 141 Å². The SMILES string of the molecule is Cc1cc[c]([Sn]([c]2ccc(C)cc2)[c]2ccc(C)cc2)cc1.Cl. The summed E-state index contributed by atoms with van der Waals surface area (Å²) in [7, 11) is 0. The average Bonchev–Trinajstić information content (AvgIpc) is 2.53. The second kappa shape index (κ2) is 8.03. The van der Waals surface area contributed by atoms with E-state index in [0.717, 1.165) is 0 Å². The molecule has 0 heterocycles. The summed E-state index contributed by atoms with van der Waals surface area (Å²) < 4.78 is 4.63. The average molecular weight is 429 g/mol. The first-order valence-electron chi connectivity index (χ1n) is 7.71. The van der Waals surface area contributed by atoms with Gasteiger partial charge in [0.05, 0.1) is 0 Å². The smallest absolute Gasteiger partial charge is 0.147 e. The van der Waals surface area contributed by atoms with E-state index in [0.29, 0.717) is 0 Å². The van der Waals surface area contributed by atoms with Crippen LogP contribution in [0, 0.1) is 20.8 Å². The van der Waals surface area contributed by atoms with Crippen LogP contribution in [0.1, 0.15) is 16.7 Å². The molecule has 117 valence electrons. The molecule has 0 fully saturated rings. The second-order valence-electron chi connectivity index (χ2n) is 5.97. The molecule has 0 aliphatic carbocycles. The van der Waals surface area contributed by atoms with E-state index in [9.17, 15) is 0 Å². The van der Waals surface area contributed by atoms with Gasteiger partial charge in [-0.25, -0.2) is 0 Å². The largest absolute Gasteiger partial charge is 0.147 e. The molecule has 0 saturated carbocycles. The van der Waals surface area contributed by atoms with E-state index < -0.39 is 19.8 Å². The number of benzene rings is 3. The van der Waals surface area contributed by atoms with Gasteiger partial charge < -0.3 is 0 Å². The molecule has 0 bridgehead atoms. The van der Waals surface area contributed by atoms with Gasteiger partial charge in [-0.15, -0.1) is 12.4 Å². The maximum atomic E-state index is 2.34. The number of hydrogen-bond donors (Lipinski definition) is 0. The van der Waals surface area contributed by atoms with Gasteiger partial charge in [0.1, 0.15) is 0 Å². The zero-order chi connectivity index (χ0) is 15.5. The van der Waals surface area contributed by atoms with Crippen molar-refractivity contribution in [3.05, 3.63) is 89.5 Å². The van der Waals surface area contributed by atoms with Crippen LogP contribution in [0.5, 0.6) is 0 Å². The minimum absolute atomic E-state index is 0. The molecular weight excluding hydrogens is 406 g/mol. The summed E-state index contributed by atoms with van der Waals surface area (Å²) in [6.07, 6.45) is 0. The molecule has 0 aliphatic rings. The summed E-state index contributed by atoms with van der Waals surface area (Å²) in [5.74, 6) is 0. The Labute approximate surface area is 152 Å². The number of hydrogen-bond acceptors (Lipinski definition) is 0. The van der Waals surface area contributed by atoms with Crippen molar-refractivity contribution in [3.8, 4) is 0 Å². The monoisotopic (exact) mass is 429 g/mol. The molecule has 1 radical (unpaired) electrons. The molecule has 0 amide bonds. The predicted octanol–water partition coefficient (Wildman–Crippen LogP) is 3.55. The maximum Gasteiger partial charge on any atom is -0.147 e. The quantitative estimate of drug-likeness (QED) is 0.560. The molecule has 3 aromatic rings. The molecule has 0 atom stereocenters. The normalized spacial score (nSPS) is 10.4. The Hall–Kier alpha value is -1.25. The van der Waals surface area contributed by atoms with E-state index in [2.05, 4.69) is 93.6 Å². The van der Waals surface area contributed by atoms with Gasteiger partial charge in [0.2, 0.25) is 0 Å². The van der Waals surface area contributed by atoms with Crippen molar-refractivity contribution in [1.82, 2.24) is 0 Å². The standard InChI is InChI=1S/3C7H7.ClH.Sn/c3*1-7-5-3-2-4-6-7;;/h3*3-6H,1H3;1H;. The van der Waals surface area contributed by atoms with Crippen LogP contribution < -0.4 is 10.7 Å². The molecule has 23 heavy (non-hydrogen) atoms. The third kappa shape index (κ3) is 4.39. The minimum Gasteiger partial charge on any atom is -0.147 e. The van der Waals surface area contributed by atoms with E-state index >= 15 is 0 Å². The fraction of sp³-hybridized carbons (Fsp3) is 0.143. The molecule has 0 aromatic heterocycles. The zero-order valence-electron chi connectivity index (χ0n) is 13.8. The Morgan fingerprint density at radius 2 is 0.652 bits per heavy atom. The van der Waals surface area contributed by atoms with Crippen LogP contribution in [0.4, 0.5) is 0 Å². The summed E-state index contributed by atoms with van der Waals surface area (Å²) in [5.41, 5.74) is 4.00. The van der Waals surface area contributed by atoms with Gasteiger partial charge in [-0.1, -0.05) is 0 Å². The number of rotatable bonds is 3. The maximum absolute atomic E-state index is 2.34. The molecule has 0 N–H and O–H groups in total. The van der Waals surface area contributed by atoms with Crippen LogP contribution in [0.15, 0.2) is 72.8 Å². The molecule has 3 rings (SSSR count). The van der Waals surface area contributed by atoms with Gasteiger partial charge in [-0.05, 0) is 0 Å². The van der Waals surface area contributed by atoms with Crippen molar-refractivity contribution in [2.45, 2.75) is 20.8 Å². The molecule has 0 nitrogen and oxygen atoms in total. The first-order valence-corrected chi connectivity index (χ1v) is 12.0. The van der Waals surface area contributed by atoms with E-state index in [1.54, 1.807) is 10.7 Å². The van der Waals surface area contributed by atoms with Crippen molar-refractivity contribution >= 4 is 42.9 Å². The van der Waals surface area contributed by atoms with Gasteiger partial charge in [-0.2, -0.15) is 0 Å². The fourth-order valence-electron chi connectivity index (χ4n) is 2.66. The predicted molar refractivity (Wildman–Crippen MR) is 105 cm³/mol. The molecule has 0 aliphatic heterocycles. The van der Waals surface area contributed by atoms with Crippen molar-refractivity contribution in [3.63, 3.8) is 0 Å². The Kier molecular flexibility index (Phi) is 6.32. The van der Waals surface area contributed by atoms with E-state index in [1.165, 1.54) is 16.7 Å². The van der Waals surface area contributed by atoms with Crippen LogP contribution in [0.2, 0.25) is 0 Å². The van der Waals surface area contributed by atoms with Gasteiger partial charge in [0.25, 0.3) is 0 Å². The first-order chi connectivity index (χ1) is 10.6. The Morgan fingerprint density at radius 1 is 0.435 bits per heavy atom. The van der Waals surface area contributed by atoms with Crippen LogP contribution in [0.3, 0.4) is 0 Å². The Balaban J connectivity index is 0.00000192. The summed E-state index contributed by atoms with van der Waals surface area (Å²) in [4.78, 5) is 0. The molecular formula is C21H22ClSn. The van der Waals surface area contributed by atoms with Crippen molar-refractivity contribution < 1.29 is 0 Å². The first kappa shape index (κ1) is 18.1. The second-order valence-corrected chi connectivity index (χ2v) is 13.1. The van der Waals surface area contributed by atoms with Gasteiger partial charge in [0, 0.05) is 0 Å². The van der Waals surface area contributed by atoms with E-state index in [-0.39, 0.29) is 12.4 Å². The topological polar surface area (TPSA) is 0 Å². The summed E-state index contributed by atoms with van der Waals surface area (Å²) >= 11 is -2.06. The van der Waals surface area contributed by atoms with Gasteiger partial charge in [-0.3, -0.25) is 0 Å². The Bertz CT molecular complexity index is 635. The van der Waals surface area contributed by atoms with E-state index in [4.69, 9.17) is 0 Å². The number of halogens is 1. The third-order valence-electron chi connectivity index (χ3n) is 4.02. The minimum atomic E-state index is -2.06. The molecule has 3 aromatic carbocycles. The summed E-state index contributed by atoms with van der Waals surface area (Å²) in [6, 6.07) is 27.5. The molecule has 0 unspecified atom stereocenters. The third-order valence-corrected chi connectivity index (χ3v) is 11.8. The van der Waals surface area contributed by atoms with Crippen LogP contribution >= 0.6 is 12.4 Å². The van der Waals surface area contributed by atoms with Crippen LogP contribution in [0.25, 0.3) is 0 Å². The summed E-state index contributed by atoms with van der Waals surface area (Å²) in [6.45, 7) is 6.47. The van der Waals surface area contributed by atoms with Gasteiger partial charge in [0.15, 0.2) is 0 Å². The van der Waals surface area contributed by atoms with Crippen molar-refractivity contribution in [1.29, 1.82) is 0 Å². The molecule has 2 heteroatoms. The zero-order valence-corrected chi connectivity index (χ0v) is 17.5. The fourth-order valence-corrected chi connectivity index (χ4v) is 9.80. The number of aryl methyl sites for hydroxylation is 3. The van der Waals surface area contributed by atoms with Crippen LogP contribution in [-0.4, -0.2) is 19.8 Å². The van der Waals surface area contributed by atoms with Crippen molar-refractivity contribution in [2.24, 2.45) is 0 Å². The van der Waals surface area contributed by atoms with Crippen molar-refractivity contribution in [2.75, 3.05) is 0 Å². The van der Waals surface area contributed by atoms with Crippen LogP contribution in [-0.2, 0) is 0 Å². The molecule has 0 spiro atoms. The Morgan fingerprint density at radius 3 is 0.870 bits per heavy atom.